The van der Waals surface area contributed by atoms with Gasteiger partial charge in [-0.3, -0.25) is 14.4 Å². The van der Waals surface area contributed by atoms with Crippen LogP contribution < -0.4 is 0 Å². The molecule has 0 aromatic heterocycles. The number of ether oxygens (including phenoxy) is 3. The highest BCUT2D eigenvalue weighted by atomic mass is 16.6. The predicted octanol–water partition coefficient (Wildman–Crippen LogP) is 23.3. The molecule has 0 fully saturated rings. The number of carbonyl (C=O) groups is 3. The number of carbonyl (C=O) groups excluding carboxylic acids is 3. The summed E-state index contributed by atoms with van der Waals surface area (Å²) in [5, 5.41) is 0. The zero-order valence-electron chi connectivity index (χ0n) is 51.9. The molecule has 6 heteroatoms. The van der Waals surface area contributed by atoms with Crippen molar-refractivity contribution in [2.75, 3.05) is 13.2 Å². The summed E-state index contributed by atoms with van der Waals surface area (Å²) in [6.07, 6.45) is 86.5. The molecule has 1 atom stereocenters. The van der Waals surface area contributed by atoms with Gasteiger partial charge in [-0.05, 0) is 109 Å². The van der Waals surface area contributed by atoms with Gasteiger partial charge in [0, 0.05) is 19.3 Å². The minimum atomic E-state index is -0.787. The van der Waals surface area contributed by atoms with Gasteiger partial charge in [0.1, 0.15) is 13.2 Å². The van der Waals surface area contributed by atoms with E-state index in [4.69, 9.17) is 14.2 Å². The number of hydrogen-bond acceptors (Lipinski definition) is 6. The maximum absolute atomic E-state index is 12.9. The molecule has 6 nitrogen and oxygen atoms in total. The first-order valence-electron chi connectivity index (χ1n) is 33.9. The molecule has 0 saturated carbocycles. The molecular weight excluding hydrogens is 961 g/mol. The maximum atomic E-state index is 12.9. The van der Waals surface area contributed by atoms with Gasteiger partial charge in [-0.15, -0.1) is 0 Å². The fourth-order valence-electron chi connectivity index (χ4n) is 9.84. The molecule has 1 unspecified atom stereocenters. The smallest absolute Gasteiger partial charge is 0.306 e. The Bertz CT molecular complexity index is 1440. The van der Waals surface area contributed by atoms with E-state index in [1.54, 1.807) is 0 Å². The Kier molecular flexibility index (Phi) is 63.7. The Morgan fingerprint density at radius 3 is 0.795 bits per heavy atom. The average Bonchev–Trinajstić information content (AvgIpc) is 3.44. The van der Waals surface area contributed by atoms with E-state index in [0.717, 1.165) is 109 Å². The van der Waals surface area contributed by atoms with Crippen molar-refractivity contribution >= 4 is 17.9 Å². The Labute approximate surface area is 484 Å². The molecule has 78 heavy (non-hydrogen) atoms. The Balaban J connectivity index is 4.17. The predicted molar refractivity (Wildman–Crippen MR) is 339 cm³/mol. The summed E-state index contributed by atoms with van der Waals surface area (Å²) in [7, 11) is 0. The molecule has 0 N–H and O–H groups in total. The molecule has 0 saturated heterocycles. The lowest BCUT2D eigenvalue weighted by atomic mass is 10.0. The minimum absolute atomic E-state index is 0.0822. The number of esters is 3. The van der Waals surface area contributed by atoms with Gasteiger partial charge in [-0.1, -0.05) is 293 Å². The highest BCUT2D eigenvalue weighted by molar-refractivity contribution is 5.71. The fraction of sp³-hybridized carbons (Fsp3) is 0.792. The molecule has 0 aromatic carbocycles. The van der Waals surface area contributed by atoms with Gasteiger partial charge in [0.2, 0.25) is 0 Å². The van der Waals surface area contributed by atoms with Crippen molar-refractivity contribution in [1.29, 1.82) is 0 Å². The van der Waals surface area contributed by atoms with Crippen LogP contribution in [0.4, 0.5) is 0 Å². The Hall–Kier alpha value is -3.15. The van der Waals surface area contributed by atoms with Crippen LogP contribution in [0.3, 0.4) is 0 Å². The van der Waals surface area contributed by atoms with Crippen LogP contribution in [0.1, 0.15) is 348 Å². The van der Waals surface area contributed by atoms with Crippen molar-refractivity contribution in [3.63, 3.8) is 0 Å². The van der Waals surface area contributed by atoms with Crippen LogP contribution >= 0.6 is 0 Å². The van der Waals surface area contributed by atoms with Crippen LogP contribution in [0.5, 0.6) is 0 Å². The second-order valence-corrected chi connectivity index (χ2v) is 22.7. The van der Waals surface area contributed by atoms with Gasteiger partial charge in [0.25, 0.3) is 0 Å². The van der Waals surface area contributed by atoms with Gasteiger partial charge in [0.05, 0.1) is 0 Å². The second-order valence-electron chi connectivity index (χ2n) is 22.7. The molecule has 0 rings (SSSR count). The van der Waals surface area contributed by atoms with Gasteiger partial charge < -0.3 is 14.2 Å². The standard InChI is InChI=1S/C72H128O6/c1-4-7-10-13-16-19-22-25-28-29-30-31-32-33-34-35-36-37-38-39-40-41-42-43-45-47-50-53-56-59-62-65-71(74)77-68-69(67-76-70(73)64-61-58-55-52-49-46-27-24-21-18-15-12-9-6-3)78-72(75)66-63-60-57-54-51-48-44-26-23-20-17-14-11-8-5-2/h8,11,17,20,22,24-27,29-30,44,69H,4-7,9-10,12-16,18-19,21,23,28,31-43,45-68H2,1-3H3/b11-8-,20-17-,25-22-,27-24-,30-29-,44-26-. The third kappa shape index (κ3) is 63.7. The van der Waals surface area contributed by atoms with Crippen LogP contribution in [0.15, 0.2) is 72.9 Å². The molecule has 0 aliphatic carbocycles. The van der Waals surface area contributed by atoms with E-state index in [2.05, 4.69) is 93.7 Å². The topological polar surface area (TPSA) is 78.9 Å². The molecular formula is C72H128O6. The van der Waals surface area contributed by atoms with Crippen molar-refractivity contribution in [2.45, 2.75) is 354 Å². The third-order valence-electron chi connectivity index (χ3n) is 14.9. The van der Waals surface area contributed by atoms with Crippen molar-refractivity contribution < 1.29 is 28.6 Å². The molecule has 0 amide bonds. The molecule has 0 aliphatic rings. The summed E-state index contributed by atoms with van der Waals surface area (Å²) >= 11 is 0. The first kappa shape index (κ1) is 74.8. The third-order valence-corrected chi connectivity index (χ3v) is 14.9. The lowest BCUT2D eigenvalue weighted by molar-refractivity contribution is -0.167. The SMILES string of the molecule is CC/C=C\C/C=C\C/C=C\CCCCCCCC(=O)OC(COC(=O)CCCCCCC/C=C\CCCCCCC)COC(=O)CCCCCCCCCCCCCCCCCCCCC/C=C\C/C=C\CCCCCCC. The zero-order chi connectivity index (χ0) is 56.4. The van der Waals surface area contributed by atoms with E-state index in [0.29, 0.717) is 19.3 Å². The van der Waals surface area contributed by atoms with Gasteiger partial charge >= 0.3 is 17.9 Å². The van der Waals surface area contributed by atoms with Crippen molar-refractivity contribution in [1.82, 2.24) is 0 Å². The number of allylic oxidation sites excluding steroid dienone is 12. The minimum Gasteiger partial charge on any atom is -0.462 e. The van der Waals surface area contributed by atoms with E-state index < -0.39 is 6.10 Å². The van der Waals surface area contributed by atoms with Gasteiger partial charge in [0.15, 0.2) is 6.10 Å². The normalized spacial score (nSPS) is 12.5. The van der Waals surface area contributed by atoms with Gasteiger partial charge in [-0.2, -0.15) is 0 Å². The van der Waals surface area contributed by atoms with Crippen LogP contribution in [0.25, 0.3) is 0 Å². The molecule has 0 heterocycles. The summed E-state index contributed by atoms with van der Waals surface area (Å²) in [5.74, 6) is -0.892. The summed E-state index contributed by atoms with van der Waals surface area (Å²) < 4.78 is 16.9. The summed E-state index contributed by atoms with van der Waals surface area (Å²) in [4.78, 5) is 38.3. The fourth-order valence-corrected chi connectivity index (χ4v) is 9.84. The number of hydrogen-bond donors (Lipinski definition) is 0. The van der Waals surface area contributed by atoms with Crippen LogP contribution in [0.2, 0.25) is 0 Å². The largest absolute Gasteiger partial charge is 0.462 e. The summed E-state index contributed by atoms with van der Waals surface area (Å²) in [6, 6.07) is 0. The Morgan fingerprint density at radius 2 is 0.500 bits per heavy atom. The molecule has 0 radical (unpaired) electrons. The lowest BCUT2D eigenvalue weighted by Gasteiger charge is -2.18. The quantitative estimate of drug-likeness (QED) is 0.0261. The van der Waals surface area contributed by atoms with E-state index in [-0.39, 0.29) is 31.1 Å². The van der Waals surface area contributed by atoms with Crippen LogP contribution in [-0.2, 0) is 28.6 Å². The monoisotopic (exact) mass is 1090 g/mol. The molecule has 452 valence electrons. The number of rotatable bonds is 62. The molecule has 0 spiro atoms. The zero-order valence-corrected chi connectivity index (χ0v) is 51.9. The van der Waals surface area contributed by atoms with Crippen LogP contribution in [-0.4, -0.2) is 37.2 Å². The highest BCUT2D eigenvalue weighted by Crippen LogP contribution is 2.17. The van der Waals surface area contributed by atoms with E-state index in [1.807, 2.05) is 0 Å². The molecule has 0 bridgehead atoms. The number of unbranched alkanes of at least 4 members (excludes halogenated alkanes) is 39. The van der Waals surface area contributed by atoms with Crippen molar-refractivity contribution in [2.24, 2.45) is 0 Å². The van der Waals surface area contributed by atoms with E-state index >= 15 is 0 Å². The summed E-state index contributed by atoms with van der Waals surface area (Å²) in [6.45, 7) is 6.53. The second kappa shape index (κ2) is 66.4. The highest BCUT2D eigenvalue weighted by Gasteiger charge is 2.19. The van der Waals surface area contributed by atoms with Gasteiger partial charge in [-0.25, -0.2) is 0 Å². The summed E-state index contributed by atoms with van der Waals surface area (Å²) in [5.41, 5.74) is 0. The maximum Gasteiger partial charge on any atom is 0.306 e. The van der Waals surface area contributed by atoms with Crippen molar-refractivity contribution in [3.8, 4) is 0 Å². The van der Waals surface area contributed by atoms with Crippen molar-refractivity contribution in [3.05, 3.63) is 72.9 Å². The molecule has 0 aromatic rings. The first-order valence-corrected chi connectivity index (χ1v) is 33.9. The average molecular weight is 1090 g/mol. The lowest BCUT2D eigenvalue weighted by Crippen LogP contribution is -2.30. The molecule has 0 aliphatic heterocycles. The van der Waals surface area contributed by atoms with E-state index in [1.165, 1.54) is 199 Å². The first-order chi connectivity index (χ1) is 38.5. The Morgan fingerprint density at radius 1 is 0.269 bits per heavy atom. The van der Waals surface area contributed by atoms with Crippen LogP contribution in [0, 0.1) is 0 Å². The van der Waals surface area contributed by atoms with E-state index in [9.17, 15) is 14.4 Å².